The second-order valence-corrected chi connectivity index (χ2v) is 3.41. The molecule has 0 saturated carbocycles. The van der Waals surface area contributed by atoms with E-state index in [0.29, 0.717) is 0 Å². The van der Waals surface area contributed by atoms with E-state index in [9.17, 15) is 14.4 Å². The molecule has 0 saturated heterocycles. The molecule has 17 heavy (non-hydrogen) atoms. The third kappa shape index (κ3) is 3.83. The normalized spacial score (nSPS) is 16.8. The van der Waals surface area contributed by atoms with Gasteiger partial charge in [0.25, 0.3) is 5.91 Å². The molecule has 1 rings (SSSR count). The Morgan fingerprint density at radius 3 is 2.76 bits per heavy atom. The predicted molar refractivity (Wildman–Crippen MR) is 56.3 cm³/mol. The van der Waals surface area contributed by atoms with Crippen LogP contribution in [0.1, 0.15) is 12.8 Å². The first-order chi connectivity index (χ1) is 8.04. The van der Waals surface area contributed by atoms with Crippen molar-refractivity contribution in [3.8, 4) is 0 Å². The molecule has 2 amide bonds. The summed E-state index contributed by atoms with van der Waals surface area (Å²) in [6, 6.07) is -1.13. The Morgan fingerprint density at radius 2 is 2.29 bits per heavy atom. The Morgan fingerprint density at radius 1 is 1.59 bits per heavy atom. The number of carboxylic acids is 1. The molecule has 94 valence electrons. The number of carboxylic acid groups (broad SMARTS) is 1. The molecule has 0 aliphatic carbocycles. The van der Waals surface area contributed by atoms with Crippen LogP contribution < -0.4 is 10.7 Å². The van der Waals surface area contributed by atoms with E-state index in [-0.39, 0.29) is 31.1 Å². The molecule has 3 N–H and O–H groups in total. The fourth-order valence-corrected chi connectivity index (χ4v) is 1.22. The quantitative estimate of drug-likeness (QED) is 0.541. The van der Waals surface area contributed by atoms with Crippen molar-refractivity contribution in [1.82, 2.24) is 10.7 Å². The van der Waals surface area contributed by atoms with Crippen molar-refractivity contribution in [3.05, 3.63) is 0 Å². The largest absolute Gasteiger partial charge is 0.480 e. The number of ether oxygens (including phenoxy) is 1. The summed E-state index contributed by atoms with van der Waals surface area (Å²) in [6.07, 6.45) is 0.352. The van der Waals surface area contributed by atoms with E-state index in [1.165, 1.54) is 7.11 Å². The van der Waals surface area contributed by atoms with Crippen LogP contribution in [0.15, 0.2) is 5.10 Å². The zero-order chi connectivity index (χ0) is 12.8. The number of carbonyl (C=O) groups excluding carboxylic acids is 2. The molecule has 0 aromatic heterocycles. The number of rotatable bonds is 5. The highest BCUT2D eigenvalue weighted by atomic mass is 16.5. The first kappa shape index (κ1) is 13.1. The van der Waals surface area contributed by atoms with Gasteiger partial charge in [0.1, 0.15) is 5.71 Å². The number of methoxy groups -OCH3 is 1. The summed E-state index contributed by atoms with van der Waals surface area (Å²) in [6.45, 7) is -0.138. The van der Waals surface area contributed by atoms with Crippen molar-refractivity contribution >= 4 is 23.5 Å². The molecule has 1 unspecified atom stereocenters. The summed E-state index contributed by atoms with van der Waals surface area (Å²) in [5.41, 5.74) is 2.26. The molecule has 1 aliphatic rings. The Labute approximate surface area is 97.0 Å². The minimum absolute atomic E-state index is 0.104. The number of amides is 2. The summed E-state index contributed by atoms with van der Waals surface area (Å²) in [7, 11) is 1.33. The molecule has 1 heterocycles. The van der Waals surface area contributed by atoms with E-state index in [1.54, 1.807) is 0 Å². The standard InChI is InChI=1S/C9H13N3O5/c1-17-4-6(9(15)16)10-8(14)5-2-3-7(13)12-11-5/h6H,2-4H2,1H3,(H,10,14)(H,12,13)(H,15,16). The summed E-state index contributed by atoms with van der Waals surface area (Å²) in [5, 5.41) is 14.6. The van der Waals surface area contributed by atoms with Gasteiger partial charge in [0.05, 0.1) is 6.61 Å². The minimum atomic E-state index is -1.19. The fraction of sp³-hybridized carbons (Fsp3) is 0.556. The number of hydrogen-bond donors (Lipinski definition) is 3. The van der Waals surface area contributed by atoms with Gasteiger partial charge in [0, 0.05) is 20.0 Å². The Kier molecular flexibility index (Phi) is 4.58. The van der Waals surface area contributed by atoms with E-state index >= 15 is 0 Å². The van der Waals surface area contributed by atoms with Gasteiger partial charge in [0.15, 0.2) is 6.04 Å². The number of hydrazone groups is 1. The van der Waals surface area contributed by atoms with E-state index in [1.807, 2.05) is 0 Å². The van der Waals surface area contributed by atoms with Gasteiger partial charge >= 0.3 is 5.97 Å². The van der Waals surface area contributed by atoms with Gasteiger partial charge < -0.3 is 15.2 Å². The first-order valence-electron chi connectivity index (χ1n) is 4.92. The molecule has 0 aromatic rings. The molecule has 1 atom stereocenters. The molecule has 8 nitrogen and oxygen atoms in total. The van der Waals surface area contributed by atoms with E-state index in [2.05, 4.69) is 20.6 Å². The van der Waals surface area contributed by atoms with Crippen molar-refractivity contribution < 1.29 is 24.2 Å². The molecule has 0 fully saturated rings. The molecular formula is C9H13N3O5. The number of hydrogen-bond acceptors (Lipinski definition) is 5. The van der Waals surface area contributed by atoms with Gasteiger partial charge in [-0.25, -0.2) is 10.2 Å². The molecule has 1 aliphatic heterocycles. The van der Waals surface area contributed by atoms with Crippen LogP contribution in [0.5, 0.6) is 0 Å². The highest BCUT2D eigenvalue weighted by molar-refractivity contribution is 6.39. The zero-order valence-corrected chi connectivity index (χ0v) is 9.23. The topological polar surface area (TPSA) is 117 Å². The van der Waals surface area contributed by atoms with Crippen LogP contribution in [-0.2, 0) is 19.1 Å². The lowest BCUT2D eigenvalue weighted by Crippen LogP contribution is -2.47. The van der Waals surface area contributed by atoms with Crippen molar-refractivity contribution in [1.29, 1.82) is 0 Å². The van der Waals surface area contributed by atoms with Gasteiger partial charge in [-0.3, -0.25) is 9.59 Å². The van der Waals surface area contributed by atoms with Crippen molar-refractivity contribution in [3.63, 3.8) is 0 Å². The van der Waals surface area contributed by atoms with Crippen LogP contribution >= 0.6 is 0 Å². The van der Waals surface area contributed by atoms with Gasteiger partial charge in [-0.2, -0.15) is 5.10 Å². The number of aliphatic carboxylic acids is 1. The predicted octanol–water partition coefficient (Wildman–Crippen LogP) is -1.53. The third-order valence-corrected chi connectivity index (χ3v) is 2.10. The number of nitrogens with zero attached hydrogens (tertiary/aromatic N) is 1. The second kappa shape index (κ2) is 5.94. The summed E-state index contributed by atoms with van der Waals surface area (Å²) >= 11 is 0. The minimum Gasteiger partial charge on any atom is -0.480 e. The lowest BCUT2D eigenvalue weighted by atomic mass is 10.1. The second-order valence-electron chi connectivity index (χ2n) is 3.41. The number of carbonyl (C=O) groups is 3. The van der Waals surface area contributed by atoms with Crippen molar-refractivity contribution in [2.45, 2.75) is 18.9 Å². The Hall–Kier alpha value is -1.96. The fourth-order valence-electron chi connectivity index (χ4n) is 1.22. The third-order valence-electron chi connectivity index (χ3n) is 2.10. The van der Waals surface area contributed by atoms with Gasteiger partial charge in [0.2, 0.25) is 5.91 Å². The maximum Gasteiger partial charge on any atom is 0.328 e. The van der Waals surface area contributed by atoms with E-state index in [0.717, 1.165) is 0 Å². The highest BCUT2D eigenvalue weighted by Gasteiger charge is 2.24. The number of nitrogens with one attached hydrogen (secondary N) is 2. The van der Waals surface area contributed by atoms with Crippen LogP contribution in [-0.4, -0.2) is 48.4 Å². The van der Waals surface area contributed by atoms with E-state index in [4.69, 9.17) is 5.11 Å². The van der Waals surface area contributed by atoms with Crippen molar-refractivity contribution in [2.24, 2.45) is 5.10 Å². The zero-order valence-electron chi connectivity index (χ0n) is 9.23. The van der Waals surface area contributed by atoms with Gasteiger partial charge in [-0.05, 0) is 0 Å². The Balaban J connectivity index is 2.58. The van der Waals surface area contributed by atoms with Crippen LogP contribution in [0, 0.1) is 0 Å². The molecule has 8 heteroatoms. The average molecular weight is 243 g/mol. The molecule has 0 bridgehead atoms. The van der Waals surface area contributed by atoms with Crippen LogP contribution in [0.4, 0.5) is 0 Å². The van der Waals surface area contributed by atoms with Gasteiger partial charge in [-0.15, -0.1) is 0 Å². The smallest absolute Gasteiger partial charge is 0.328 e. The molecule has 0 radical (unpaired) electrons. The SMILES string of the molecule is COCC(NC(=O)C1=NNC(=O)CC1)C(=O)O. The summed E-state index contributed by atoms with van der Waals surface area (Å²) in [5.74, 6) is -2.08. The molecule has 0 aromatic carbocycles. The van der Waals surface area contributed by atoms with Gasteiger partial charge in [-0.1, -0.05) is 0 Å². The summed E-state index contributed by atoms with van der Waals surface area (Å²) in [4.78, 5) is 33.1. The maximum atomic E-state index is 11.6. The Bertz CT molecular complexity index is 366. The lowest BCUT2D eigenvalue weighted by molar-refractivity contribution is -0.142. The first-order valence-corrected chi connectivity index (χ1v) is 4.92. The molecule has 0 spiro atoms. The van der Waals surface area contributed by atoms with E-state index < -0.39 is 17.9 Å². The summed E-state index contributed by atoms with van der Waals surface area (Å²) < 4.78 is 4.67. The van der Waals surface area contributed by atoms with Crippen molar-refractivity contribution in [2.75, 3.05) is 13.7 Å². The maximum absolute atomic E-state index is 11.6. The lowest BCUT2D eigenvalue weighted by Gasteiger charge is -2.16. The van der Waals surface area contributed by atoms with Crippen LogP contribution in [0.25, 0.3) is 0 Å². The molecular weight excluding hydrogens is 230 g/mol. The highest BCUT2D eigenvalue weighted by Crippen LogP contribution is 2.00. The van der Waals surface area contributed by atoms with Crippen LogP contribution in [0.3, 0.4) is 0 Å². The van der Waals surface area contributed by atoms with Crippen LogP contribution in [0.2, 0.25) is 0 Å². The average Bonchev–Trinajstić information content (AvgIpc) is 2.29. The monoisotopic (exact) mass is 243 g/mol.